The van der Waals surface area contributed by atoms with Crippen molar-refractivity contribution in [1.29, 1.82) is 0 Å². The molecule has 1 aromatic carbocycles. The molecular weight excluding hydrogens is 302 g/mol. The van der Waals surface area contributed by atoms with Gasteiger partial charge in [-0.3, -0.25) is 4.98 Å². The van der Waals surface area contributed by atoms with Gasteiger partial charge in [-0.2, -0.15) is 0 Å². The number of hydrogen-bond acceptors (Lipinski definition) is 2. The van der Waals surface area contributed by atoms with Crippen molar-refractivity contribution in [3.63, 3.8) is 0 Å². The van der Waals surface area contributed by atoms with Crippen LogP contribution in [0.5, 0.6) is 0 Å². The molecule has 18 heavy (non-hydrogen) atoms. The monoisotopic (exact) mass is 312 g/mol. The highest BCUT2D eigenvalue weighted by Gasteiger charge is 2.03. The van der Waals surface area contributed by atoms with Gasteiger partial charge in [0.15, 0.2) is 0 Å². The lowest BCUT2D eigenvalue weighted by atomic mass is 10.2. The summed E-state index contributed by atoms with van der Waals surface area (Å²) >= 11 is 3.29. The molecule has 94 valence electrons. The second-order valence-corrected chi connectivity index (χ2v) is 4.72. The van der Waals surface area contributed by atoms with E-state index in [-0.39, 0.29) is 6.54 Å². The maximum atomic E-state index is 13.3. The van der Waals surface area contributed by atoms with Crippen LogP contribution in [-0.2, 0) is 13.1 Å². The van der Waals surface area contributed by atoms with E-state index < -0.39 is 11.6 Å². The lowest BCUT2D eigenvalue weighted by Gasteiger charge is -2.06. The zero-order valence-corrected chi connectivity index (χ0v) is 11.0. The van der Waals surface area contributed by atoms with Crippen molar-refractivity contribution in [3.8, 4) is 0 Å². The summed E-state index contributed by atoms with van der Waals surface area (Å²) in [5, 5.41) is 3.02. The highest BCUT2D eigenvalue weighted by atomic mass is 79.9. The summed E-state index contributed by atoms with van der Waals surface area (Å²) in [7, 11) is 0. The van der Waals surface area contributed by atoms with Gasteiger partial charge in [0.1, 0.15) is 11.6 Å². The van der Waals surface area contributed by atoms with Crippen molar-refractivity contribution in [2.45, 2.75) is 13.1 Å². The number of aromatic nitrogens is 1. The van der Waals surface area contributed by atoms with Crippen LogP contribution in [-0.4, -0.2) is 4.98 Å². The van der Waals surface area contributed by atoms with Gasteiger partial charge in [-0.1, -0.05) is 0 Å². The number of pyridine rings is 1. The number of benzene rings is 1. The lowest BCUT2D eigenvalue weighted by Crippen LogP contribution is -2.14. The summed E-state index contributed by atoms with van der Waals surface area (Å²) in [5.74, 6) is -0.845. The second kappa shape index (κ2) is 6.02. The van der Waals surface area contributed by atoms with E-state index in [0.717, 1.165) is 22.3 Å². The van der Waals surface area contributed by atoms with Gasteiger partial charge in [0.05, 0.1) is 5.69 Å². The highest BCUT2D eigenvalue weighted by Crippen LogP contribution is 2.10. The molecule has 2 rings (SSSR count). The summed E-state index contributed by atoms with van der Waals surface area (Å²) in [6, 6.07) is 7.17. The molecule has 0 aliphatic carbocycles. The maximum absolute atomic E-state index is 13.3. The second-order valence-electron chi connectivity index (χ2n) is 3.81. The van der Waals surface area contributed by atoms with Crippen LogP contribution < -0.4 is 5.32 Å². The van der Waals surface area contributed by atoms with Crippen molar-refractivity contribution in [1.82, 2.24) is 10.3 Å². The number of nitrogens with one attached hydrogen (secondary N) is 1. The number of hydrogen-bond donors (Lipinski definition) is 1. The minimum absolute atomic E-state index is 0.265. The molecule has 1 aromatic heterocycles. The van der Waals surface area contributed by atoms with E-state index in [1.807, 2.05) is 12.1 Å². The lowest BCUT2D eigenvalue weighted by molar-refractivity contribution is 0.567. The predicted octanol–water partition coefficient (Wildman–Crippen LogP) is 3.41. The summed E-state index contributed by atoms with van der Waals surface area (Å²) in [6.07, 6.45) is 1.69. The molecule has 0 aliphatic rings. The van der Waals surface area contributed by atoms with Crippen LogP contribution >= 0.6 is 15.9 Å². The Morgan fingerprint density at radius 3 is 2.67 bits per heavy atom. The third-order valence-electron chi connectivity index (χ3n) is 2.42. The first-order valence-corrected chi connectivity index (χ1v) is 6.19. The fourth-order valence-electron chi connectivity index (χ4n) is 1.52. The van der Waals surface area contributed by atoms with Gasteiger partial charge in [-0.25, -0.2) is 8.78 Å². The van der Waals surface area contributed by atoms with E-state index in [4.69, 9.17) is 0 Å². The van der Waals surface area contributed by atoms with Crippen molar-refractivity contribution >= 4 is 15.9 Å². The van der Waals surface area contributed by atoms with Gasteiger partial charge in [-0.15, -0.1) is 0 Å². The van der Waals surface area contributed by atoms with Crippen LogP contribution in [0.25, 0.3) is 0 Å². The molecule has 0 amide bonds. The molecule has 0 spiro atoms. The Labute approximate surface area is 112 Å². The van der Waals surface area contributed by atoms with Crippen LogP contribution in [0.2, 0.25) is 0 Å². The van der Waals surface area contributed by atoms with Crippen molar-refractivity contribution in [2.75, 3.05) is 0 Å². The van der Waals surface area contributed by atoms with Crippen LogP contribution in [0.4, 0.5) is 8.78 Å². The average molecular weight is 313 g/mol. The summed E-state index contributed by atoms with van der Waals surface area (Å²) in [5.41, 5.74) is 1.15. The minimum Gasteiger partial charge on any atom is -0.307 e. The zero-order chi connectivity index (χ0) is 13.0. The normalized spacial score (nSPS) is 10.6. The molecular formula is C13H11BrF2N2. The Kier molecular flexibility index (Phi) is 4.38. The van der Waals surface area contributed by atoms with E-state index in [0.29, 0.717) is 12.1 Å². The summed E-state index contributed by atoms with van der Waals surface area (Å²) in [4.78, 5) is 4.17. The Hall–Kier alpha value is -1.33. The molecule has 5 heteroatoms. The Morgan fingerprint density at radius 2 is 1.94 bits per heavy atom. The Bertz CT molecular complexity index is 529. The molecule has 2 aromatic rings. The molecule has 2 nitrogen and oxygen atoms in total. The molecule has 0 atom stereocenters. The molecule has 0 saturated heterocycles. The fourth-order valence-corrected chi connectivity index (χ4v) is 1.75. The number of rotatable bonds is 4. The summed E-state index contributed by atoms with van der Waals surface area (Å²) < 4.78 is 27.2. The first-order valence-electron chi connectivity index (χ1n) is 5.40. The van der Waals surface area contributed by atoms with Gasteiger partial charge in [0.25, 0.3) is 0 Å². The smallest absolute Gasteiger partial charge is 0.127 e. The molecule has 0 radical (unpaired) electrons. The maximum Gasteiger partial charge on any atom is 0.127 e. The zero-order valence-electron chi connectivity index (χ0n) is 9.46. The van der Waals surface area contributed by atoms with Crippen LogP contribution in [0.15, 0.2) is 41.0 Å². The third-order valence-corrected chi connectivity index (χ3v) is 2.89. The first-order chi connectivity index (χ1) is 8.65. The van der Waals surface area contributed by atoms with Crippen molar-refractivity contribution < 1.29 is 8.78 Å². The van der Waals surface area contributed by atoms with Gasteiger partial charge in [-0.05, 0) is 46.3 Å². The molecule has 0 saturated carbocycles. The molecule has 0 aliphatic heterocycles. The topological polar surface area (TPSA) is 24.9 Å². The molecule has 0 bridgehead atoms. The van der Waals surface area contributed by atoms with E-state index in [1.165, 1.54) is 6.07 Å². The minimum atomic E-state index is -0.435. The van der Waals surface area contributed by atoms with Crippen LogP contribution in [0.3, 0.4) is 0 Å². The highest BCUT2D eigenvalue weighted by molar-refractivity contribution is 9.10. The van der Waals surface area contributed by atoms with Crippen LogP contribution in [0.1, 0.15) is 11.3 Å². The van der Waals surface area contributed by atoms with E-state index in [9.17, 15) is 8.78 Å². The van der Waals surface area contributed by atoms with Gasteiger partial charge < -0.3 is 5.32 Å². The van der Waals surface area contributed by atoms with Crippen molar-refractivity contribution in [2.24, 2.45) is 0 Å². The summed E-state index contributed by atoms with van der Waals surface area (Å²) in [6.45, 7) is 0.768. The standard InChI is InChI=1S/C13H11BrF2N2/c14-10-1-3-12(18-7-10)8-17-6-9-5-11(15)2-4-13(9)16/h1-5,7,17H,6,8H2. The Morgan fingerprint density at radius 1 is 1.11 bits per heavy atom. The predicted molar refractivity (Wildman–Crippen MR) is 68.8 cm³/mol. The van der Waals surface area contributed by atoms with E-state index in [1.54, 1.807) is 6.20 Å². The van der Waals surface area contributed by atoms with Gasteiger partial charge in [0, 0.05) is 29.3 Å². The average Bonchev–Trinajstić information content (AvgIpc) is 2.36. The van der Waals surface area contributed by atoms with Crippen LogP contribution in [0, 0.1) is 11.6 Å². The quantitative estimate of drug-likeness (QED) is 0.936. The SMILES string of the molecule is Fc1ccc(F)c(CNCc2ccc(Br)cn2)c1. The van der Waals surface area contributed by atoms with Crippen molar-refractivity contribution in [3.05, 3.63) is 63.9 Å². The Balaban J connectivity index is 1.92. The first kappa shape index (κ1) is 13.1. The molecule has 0 unspecified atom stereocenters. The van der Waals surface area contributed by atoms with E-state index in [2.05, 4.69) is 26.2 Å². The fraction of sp³-hybridized carbons (Fsp3) is 0.154. The molecule has 0 fully saturated rings. The van der Waals surface area contributed by atoms with E-state index >= 15 is 0 Å². The largest absolute Gasteiger partial charge is 0.307 e. The van der Waals surface area contributed by atoms with Gasteiger partial charge >= 0.3 is 0 Å². The number of nitrogens with zero attached hydrogens (tertiary/aromatic N) is 1. The third kappa shape index (κ3) is 3.58. The molecule has 1 N–H and O–H groups in total. The number of halogens is 3. The molecule has 1 heterocycles. The van der Waals surface area contributed by atoms with Gasteiger partial charge in [0.2, 0.25) is 0 Å².